The molecule has 0 fully saturated rings. The molecule has 0 bridgehead atoms. The van der Waals surface area contributed by atoms with Crippen LogP contribution in [0.1, 0.15) is 52.5 Å². The van der Waals surface area contributed by atoms with Gasteiger partial charge in [0, 0.05) is 5.39 Å². The van der Waals surface area contributed by atoms with Gasteiger partial charge in [-0.25, -0.2) is 4.79 Å². The second-order valence-corrected chi connectivity index (χ2v) is 6.68. The molecule has 0 spiro atoms. The van der Waals surface area contributed by atoms with Crippen LogP contribution in [0.2, 0.25) is 0 Å². The fourth-order valence-corrected chi connectivity index (χ4v) is 2.49. The average Bonchev–Trinajstić information content (AvgIpc) is 2.45. The van der Waals surface area contributed by atoms with Crippen LogP contribution in [0.5, 0.6) is 0 Å². The quantitative estimate of drug-likeness (QED) is 0.789. The van der Waals surface area contributed by atoms with E-state index in [0.717, 1.165) is 17.5 Å². The number of rotatable bonds is 3. The minimum atomic E-state index is -0.503. The molecular formula is C19H25NO2. The molecule has 1 amide bonds. The molecule has 3 nitrogen and oxygen atoms in total. The molecule has 22 heavy (non-hydrogen) atoms. The topological polar surface area (TPSA) is 38.3 Å². The Morgan fingerprint density at radius 2 is 1.77 bits per heavy atom. The Morgan fingerprint density at radius 3 is 2.36 bits per heavy atom. The number of amides is 1. The van der Waals surface area contributed by atoms with E-state index in [0.29, 0.717) is 5.92 Å². The zero-order chi connectivity index (χ0) is 16.3. The number of nitrogens with one attached hydrogen (secondary N) is 1. The van der Waals surface area contributed by atoms with Crippen LogP contribution >= 0.6 is 0 Å². The summed E-state index contributed by atoms with van der Waals surface area (Å²) in [4.78, 5) is 12.0. The lowest BCUT2D eigenvalue weighted by Gasteiger charge is -2.21. The standard InChI is InChI=1S/C19H25NO2/c1-6-13(2)14-11-12-17(16-10-8-7-9-15(14)16)20-18(21)22-19(3,4)5/h7-13H,6H2,1-5H3,(H,20,21). The molecule has 0 saturated carbocycles. The largest absolute Gasteiger partial charge is 0.444 e. The van der Waals surface area contributed by atoms with E-state index in [9.17, 15) is 4.79 Å². The van der Waals surface area contributed by atoms with Gasteiger partial charge in [0.2, 0.25) is 0 Å². The van der Waals surface area contributed by atoms with Gasteiger partial charge in [-0.2, -0.15) is 0 Å². The molecule has 0 saturated heterocycles. The lowest BCUT2D eigenvalue weighted by Crippen LogP contribution is -2.27. The molecular weight excluding hydrogens is 274 g/mol. The van der Waals surface area contributed by atoms with Crippen LogP contribution in [-0.4, -0.2) is 11.7 Å². The van der Waals surface area contributed by atoms with Gasteiger partial charge in [0.1, 0.15) is 5.60 Å². The fraction of sp³-hybridized carbons (Fsp3) is 0.421. The third kappa shape index (κ3) is 3.79. The van der Waals surface area contributed by atoms with Crippen molar-refractivity contribution in [3.05, 3.63) is 42.0 Å². The van der Waals surface area contributed by atoms with Crippen molar-refractivity contribution >= 4 is 22.6 Å². The van der Waals surface area contributed by atoms with Crippen molar-refractivity contribution in [1.29, 1.82) is 0 Å². The summed E-state index contributed by atoms with van der Waals surface area (Å²) in [5.41, 5.74) is 1.60. The van der Waals surface area contributed by atoms with Crippen LogP contribution in [0.15, 0.2) is 36.4 Å². The first-order chi connectivity index (χ1) is 10.3. The maximum Gasteiger partial charge on any atom is 0.412 e. The SMILES string of the molecule is CCC(C)c1ccc(NC(=O)OC(C)(C)C)c2ccccc12. The summed E-state index contributed by atoms with van der Waals surface area (Å²) in [6.45, 7) is 9.99. The van der Waals surface area contributed by atoms with Crippen LogP contribution < -0.4 is 5.32 Å². The second kappa shape index (κ2) is 6.39. The minimum Gasteiger partial charge on any atom is -0.444 e. The molecule has 2 rings (SSSR count). The Bertz CT molecular complexity index is 671. The predicted molar refractivity (Wildman–Crippen MR) is 92.5 cm³/mol. The minimum absolute atomic E-state index is 0.422. The summed E-state index contributed by atoms with van der Waals surface area (Å²) >= 11 is 0. The van der Waals surface area contributed by atoms with Crippen molar-refractivity contribution in [2.24, 2.45) is 0 Å². The zero-order valence-electron chi connectivity index (χ0n) is 14.1. The second-order valence-electron chi connectivity index (χ2n) is 6.68. The zero-order valence-corrected chi connectivity index (χ0v) is 14.1. The molecule has 0 aromatic heterocycles. The van der Waals surface area contributed by atoms with Crippen molar-refractivity contribution < 1.29 is 9.53 Å². The molecule has 0 aliphatic rings. The van der Waals surface area contributed by atoms with Gasteiger partial charge >= 0.3 is 6.09 Å². The molecule has 2 aromatic carbocycles. The van der Waals surface area contributed by atoms with E-state index in [4.69, 9.17) is 4.74 Å². The van der Waals surface area contributed by atoms with Crippen molar-refractivity contribution in [2.75, 3.05) is 5.32 Å². The molecule has 1 N–H and O–H groups in total. The molecule has 0 aliphatic heterocycles. The number of benzene rings is 2. The molecule has 0 aliphatic carbocycles. The van der Waals surface area contributed by atoms with Crippen molar-refractivity contribution in [1.82, 2.24) is 0 Å². The Balaban J connectivity index is 2.38. The van der Waals surface area contributed by atoms with Crippen molar-refractivity contribution in [2.45, 2.75) is 52.6 Å². The van der Waals surface area contributed by atoms with Gasteiger partial charge < -0.3 is 4.74 Å². The third-order valence-corrected chi connectivity index (χ3v) is 3.74. The normalized spacial score (nSPS) is 13.0. The number of carbonyl (C=O) groups is 1. The Morgan fingerprint density at radius 1 is 1.14 bits per heavy atom. The Hall–Kier alpha value is -2.03. The lowest BCUT2D eigenvalue weighted by molar-refractivity contribution is 0.0636. The number of fused-ring (bicyclic) bond motifs is 1. The summed E-state index contributed by atoms with van der Waals surface area (Å²) in [6, 6.07) is 12.2. The van der Waals surface area contributed by atoms with Crippen LogP contribution in [0.4, 0.5) is 10.5 Å². The van der Waals surface area contributed by atoms with Gasteiger partial charge in [0.25, 0.3) is 0 Å². The maximum atomic E-state index is 12.0. The van der Waals surface area contributed by atoms with E-state index in [1.54, 1.807) is 0 Å². The lowest BCUT2D eigenvalue weighted by atomic mass is 9.92. The number of ether oxygens (including phenoxy) is 1. The maximum absolute atomic E-state index is 12.0. The van der Waals surface area contributed by atoms with E-state index >= 15 is 0 Å². The van der Waals surface area contributed by atoms with Gasteiger partial charge in [0.15, 0.2) is 0 Å². The molecule has 118 valence electrons. The van der Waals surface area contributed by atoms with E-state index < -0.39 is 11.7 Å². The summed E-state index contributed by atoms with van der Waals surface area (Å²) in [6.07, 6.45) is 0.664. The number of hydrogen-bond acceptors (Lipinski definition) is 2. The Kier molecular flexibility index (Phi) is 4.74. The summed E-state index contributed by atoms with van der Waals surface area (Å²) < 4.78 is 5.34. The molecule has 1 unspecified atom stereocenters. The van der Waals surface area contributed by atoms with Gasteiger partial charge in [-0.15, -0.1) is 0 Å². The van der Waals surface area contributed by atoms with Crippen LogP contribution in [0.25, 0.3) is 10.8 Å². The van der Waals surface area contributed by atoms with Gasteiger partial charge in [-0.1, -0.05) is 44.2 Å². The van der Waals surface area contributed by atoms with Crippen LogP contribution in [0, 0.1) is 0 Å². The average molecular weight is 299 g/mol. The van der Waals surface area contributed by atoms with E-state index in [1.807, 2.05) is 45.0 Å². The number of carbonyl (C=O) groups excluding carboxylic acids is 1. The molecule has 2 aromatic rings. The molecule has 3 heteroatoms. The van der Waals surface area contributed by atoms with Crippen LogP contribution in [0.3, 0.4) is 0 Å². The Labute approximate surface area is 132 Å². The highest BCUT2D eigenvalue weighted by molar-refractivity contribution is 6.01. The van der Waals surface area contributed by atoms with E-state index in [1.165, 1.54) is 10.9 Å². The first-order valence-electron chi connectivity index (χ1n) is 7.83. The molecule has 1 atom stereocenters. The summed E-state index contributed by atoms with van der Waals surface area (Å²) in [7, 11) is 0. The van der Waals surface area contributed by atoms with Gasteiger partial charge in [0.05, 0.1) is 5.69 Å². The van der Waals surface area contributed by atoms with Crippen molar-refractivity contribution in [3.63, 3.8) is 0 Å². The number of anilines is 1. The van der Waals surface area contributed by atoms with Gasteiger partial charge in [-0.3, -0.25) is 5.32 Å². The fourth-order valence-electron chi connectivity index (χ4n) is 2.49. The first kappa shape index (κ1) is 16.3. The summed E-state index contributed by atoms with van der Waals surface area (Å²) in [5, 5.41) is 5.10. The molecule has 0 heterocycles. The third-order valence-electron chi connectivity index (χ3n) is 3.74. The van der Waals surface area contributed by atoms with Crippen LogP contribution in [-0.2, 0) is 4.74 Å². The highest BCUT2D eigenvalue weighted by Gasteiger charge is 2.17. The van der Waals surface area contributed by atoms with Crippen molar-refractivity contribution in [3.8, 4) is 0 Å². The highest BCUT2D eigenvalue weighted by Crippen LogP contribution is 2.32. The first-order valence-corrected chi connectivity index (χ1v) is 7.83. The predicted octanol–water partition coefficient (Wildman–Crippen LogP) is 5.70. The monoisotopic (exact) mass is 299 g/mol. The smallest absolute Gasteiger partial charge is 0.412 e. The van der Waals surface area contributed by atoms with E-state index in [-0.39, 0.29) is 0 Å². The van der Waals surface area contributed by atoms with Gasteiger partial charge in [-0.05, 0) is 50.1 Å². The molecule has 0 radical (unpaired) electrons. The summed E-state index contributed by atoms with van der Waals surface area (Å²) in [5.74, 6) is 0.487. The highest BCUT2D eigenvalue weighted by atomic mass is 16.6. The number of hydrogen-bond donors (Lipinski definition) is 1. The van der Waals surface area contributed by atoms with E-state index in [2.05, 4.69) is 31.3 Å².